The second-order valence-corrected chi connectivity index (χ2v) is 1.05. The number of carbonyl (C=O) groups is 1. The molecule has 0 saturated carbocycles. The van der Waals surface area contributed by atoms with E-state index in [2.05, 4.69) is 5.73 Å². The molecule has 0 aromatic carbocycles. The Labute approximate surface area is 58.9 Å². The fourth-order valence-corrected chi connectivity index (χ4v) is 0. The Balaban J connectivity index is -0.0000000720. The van der Waals surface area contributed by atoms with E-state index in [1.165, 1.54) is 0 Å². The number of primary amides is 1. The zero-order chi connectivity index (χ0) is 7.15. The fraction of sp³-hybridized carbons (Fsp3) is 0. The normalized spacial score (nSPS) is 6.44. The Kier molecular flexibility index (Phi) is 18.3. The molecule has 6 nitrogen and oxygen atoms in total. The molecule has 0 heterocycles. The Bertz CT molecular complexity index is 119. The van der Waals surface area contributed by atoms with Crippen LogP contribution in [0.1, 0.15) is 0 Å². The quantitative estimate of drug-likeness (QED) is 0.284. The van der Waals surface area contributed by atoms with E-state index >= 15 is 0 Å². The third-order valence-corrected chi connectivity index (χ3v) is 0. The van der Waals surface area contributed by atoms with Gasteiger partial charge < -0.3 is 10.8 Å². The average Bonchev–Trinajstić information content (AvgIpc) is 1.25. The van der Waals surface area contributed by atoms with Crippen molar-refractivity contribution < 1.29 is 22.9 Å². The molecule has 4 N–H and O–H groups in total. The highest BCUT2D eigenvalue weighted by Gasteiger charge is 1.65. The van der Waals surface area contributed by atoms with Gasteiger partial charge >= 0.3 is 6.09 Å². The van der Waals surface area contributed by atoms with Crippen molar-refractivity contribution in [1.29, 1.82) is 0 Å². The molecular weight excluding hydrogens is 174 g/mol. The van der Waals surface area contributed by atoms with Crippen LogP contribution >= 0.6 is 12.4 Å². The Morgan fingerprint density at radius 3 is 1.44 bits per heavy atom. The number of hydrogen-bond acceptors (Lipinski definition) is 3. The van der Waals surface area contributed by atoms with Crippen LogP contribution in [0.3, 0.4) is 0 Å². The second kappa shape index (κ2) is 10.5. The summed E-state index contributed by atoms with van der Waals surface area (Å²) in [5.41, 5.74) is 4.03. The van der Waals surface area contributed by atoms with Crippen molar-refractivity contribution >= 4 is 29.5 Å². The summed E-state index contributed by atoms with van der Waals surface area (Å²) >= 11 is 0. The van der Waals surface area contributed by atoms with Gasteiger partial charge in [0.15, 0.2) is 0 Å². The molecule has 0 aliphatic heterocycles. The summed E-state index contributed by atoms with van der Waals surface area (Å²) in [5, 5.41) is 7.19. The van der Waals surface area contributed by atoms with Crippen molar-refractivity contribution in [2.45, 2.75) is 0 Å². The molecule has 0 saturated heterocycles. The summed E-state index contributed by atoms with van der Waals surface area (Å²) in [5.74, 6) is 0. The van der Waals surface area contributed by atoms with Gasteiger partial charge in [-0.05, 0) is 0 Å². The predicted molar refractivity (Wildman–Crippen MR) is 32.4 cm³/mol. The maximum Gasteiger partial charge on any atom is 0.402 e. The molecule has 0 radical (unpaired) electrons. The molecule has 0 rings (SSSR count). The molecule has 0 aromatic heterocycles. The first-order chi connectivity index (χ1) is 3.46. The highest BCUT2D eigenvalue weighted by molar-refractivity contribution is 7.66. The van der Waals surface area contributed by atoms with E-state index in [0.717, 1.165) is 0 Å². The summed E-state index contributed by atoms with van der Waals surface area (Å²) < 4.78 is 24.2. The minimum atomic E-state index is -3.12. The van der Waals surface area contributed by atoms with Crippen LogP contribution < -0.4 is 5.73 Å². The van der Waals surface area contributed by atoms with E-state index in [1.54, 1.807) is 0 Å². The maximum absolute atomic E-state index is 8.78. The van der Waals surface area contributed by atoms with E-state index in [9.17, 15) is 0 Å². The standard InChI is InChI=1S/CH3NO2.ClH.H2O3S/c2-1(3)4;;1-4(2)3/h2H2,(H,3,4);1H;4H,(H,1,2,3). The van der Waals surface area contributed by atoms with Crippen molar-refractivity contribution in [3.8, 4) is 0 Å². The smallest absolute Gasteiger partial charge is 0.402 e. The highest BCUT2D eigenvalue weighted by Crippen LogP contribution is 1.34. The number of hydrogen-bond donors (Lipinski definition) is 4. The average molecular weight is 180 g/mol. The summed E-state index contributed by atoms with van der Waals surface area (Å²) in [4.78, 5) is 8.78. The minimum absolute atomic E-state index is 0. The lowest BCUT2D eigenvalue weighted by molar-refractivity contribution is 0.205. The number of carboxylic acid groups (broad SMARTS) is 1. The van der Waals surface area contributed by atoms with E-state index in [-0.39, 0.29) is 12.4 Å². The molecule has 9 heavy (non-hydrogen) atoms. The number of halogens is 1. The van der Waals surface area contributed by atoms with Gasteiger partial charge in [0, 0.05) is 0 Å². The first-order valence-corrected chi connectivity index (χ1v) is 2.41. The third kappa shape index (κ3) is 796. The van der Waals surface area contributed by atoms with Crippen LogP contribution in [-0.2, 0) is 11.0 Å². The van der Waals surface area contributed by atoms with Gasteiger partial charge in [-0.3, -0.25) is 4.55 Å². The van der Waals surface area contributed by atoms with Crippen molar-refractivity contribution in [2.24, 2.45) is 5.73 Å². The largest absolute Gasteiger partial charge is 0.465 e. The van der Waals surface area contributed by atoms with E-state index in [0.29, 0.717) is 0 Å². The molecule has 0 aromatic rings. The van der Waals surface area contributed by atoms with Crippen LogP contribution in [0.25, 0.3) is 0 Å². The van der Waals surface area contributed by atoms with Crippen LogP contribution in [0, 0.1) is 0 Å². The lowest BCUT2D eigenvalue weighted by Crippen LogP contribution is -2.03. The summed E-state index contributed by atoms with van der Waals surface area (Å²) in [6.45, 7) is 0. The van der Waals surface area contributed by atoms with Gasteiger partial charge in [0.2, 0.25) is 0 Å². The Morgan fingerprint density at radius 2 is 1.44 bits per heavy atom. The summed E-state index contributed by atoms with van der Waals surface area (Å²) in [6.07, 6.45) is -1.33. The predicted octanol–water partition coefficient (Wildman–Crippen LogP) is -0.884. The van der Waals surface area contributed by atoms with Crippen LogP contribution in [0.15, 0.2) is 0 Å². The van der Waals surface area contributed by atoms with E-state index in [4.69, 9.17) is 22.9 Å². The monoisotopic (exact) mass is 179 g/mol. The Hall–Kier alpha value is -0.530. The van der Waals surface area contributed by atoms with Crippen molar-refractivity contribution in [3.05, 3.63) is 0 Å². The van der Waals surface area contributed by atoms with Gasteiger partial charge in [-0.1, -0.05) is 0 Å². The van der Waals surface area contributed by atoms with Gasteiger partial charge in [0.1, 0.15) is 0 Å². The molecule has 0 spiro atoms. The molecule has 0 bridgehead atoms. The van der Waals surface area contributed by atoms with Gasteiger partial charge in [-0.2, -0.15) is 0 Å². The second-order valence-electron chi connectivity index (χ2n) is 0.576. The molecule has 0 atom stereocenters. The number of thiol groups is 1. The van der Waals surface area contributed by atoms with Crippen molar-refractivity contribution in [2.75, 3.05) is 0 Å². The molecule has 0 aliphatic carbocycles. The molecule has 58 valence electrons. The van der Waals surface area contributed by atoms with E-state index < -0.39 is 17.1 Å². The number of rotatable bonds is 0. The Morgan fingerprint density at radius 1 is 1.44 bits per heavy atom. The summed E-state index contributed by atoms with van der Waals surface area (Å²) in [6, 6.07) is 0. The van der Waals surface area contributed by atoms with Gasteiger partial charge in [0.25, 0.3) is 11.0 Å². The first-order valence-electron chi connectivity index (χ1n) is 1.28. The van der Waals surface area contributed by atoms with Gasteiger partial charge in [-0.25, -0.2) is 13.2 Å². The third-order valence-electron chi connectivity index (χ3n) is 0. The number of amides is 1. The molecule has 0 aliphatic rings. The fourth-order valence-electron chi connectivity index (χ4n) is 0. The molecule has 0 unspecified atom stereocenters. The zero-order valence-electron chi connectivity index (χ0n) is 4.05. The molecule has 0 fully saturated rings. The maximum atomic E-state index is 8.78. The van der Waals surface area contributed by atoms with Crippen molar-refractivity contribution in [3.63, 3.8) is 0 Å². The van der Waals surface area contributed by atoms with Crippen LogP contribution in [-0.4, -0.2) is 24.2 Å². The van der Waals surface area contributed by atoms with Crippen molar-refractivity contribution in [1.82, 2.24) is 0 Å². The van der Waals surface area contributed by atoms with E-state index in [1.807, 2.05) is 0 Å². The first kappa shape index (κ1) is 15.8. The van der Waals surface area contributed by atoms with Crippen LogP contribution in [0.5, 0.6) is 0 Å². The molecule has 8 heteroatoms. The van der Waals surface area contributed by atoms with Crippen LogP contribution in [0.4, 0.5) is 4.79 Å². The minimum Gasteiger partial charge on any atom is -0.465 e. The highest BCUT2D eigenvalue weighted by atomic mass is 35.5. The molecule has 1 amide bonds. The van der Waals surface area contributed by atoms with Crippen LogP contribution in [0.2, 0.25) is 0 Å². The number of nitrogens with two attached hydrogens (primary N) is 1. The zero-order valence-corrected chi connectivity index (χ0v) is 5.76. The lowest BCUT2D eigenvalue weighted by atomic mass is 11.3. The topological polar surface area (TPSA) is 118 Å². The van der Waals surface area contributed by atoms with Gasteiger partial charge in [0.05, 0.1) is 0 Å². The lowest BCUT2D eigenvalue weighted by Gasteiger charge is -1.61. The van der Waals surface area contributed by atoms with Gasteiger partial charge in [-0.15, -0.1) is 12.4 Å². The SMILES string of the molecule is Cl.NC(=O)O.O=[SH](=O)O. The molecular formula is CH6ClNO5S. The summed E-state index contributed by atoms with van der Waals surface area (Å²) in [7, 11) is -3.12.